The molecule has 0 fully saturated rings. The molecule has 2 N–H and O–H groups in total. The zero-order valence-corrected chi connectivity index (χ0v) is 31.8. The molecule has 15 heteroatoms. The van der Waals surface area contributed by atoms with Crippen molar-refractivity contribution in [2.75, 3.05) is 0 Å². The van der Waals surface area contributed by atoms with Gasteiger partial charge < -0.3 is 24.1 Å². The highest BCUT2D eigenvalue weighted by atomic mass is 19.1. The van der Waals surface area contributed by atoms with Crippen LogP contribution < -0.4 is 4.74 Å². The van der Waals surface area contributed by atoms with E-state index >= 15 is 0 Å². The first-order valence-corrected chi connectivity index (χ1v) is 19.0. The number of benzene rings is 6. The lowest BCUT2D eigenvalue weighted by molar-refractivity contribution is 0.0626. The number of rotatable bonds is 10. The molecule has 8 aromatic rings. The predicted octanol–water partition coefficient (Wildman–Crippen LogP) is 7.56. The molecule has 2 aliphatic rings. The molecule has 61 heavy (non-hydrogen) atoms. The number of ether oxygens (including phenoxy) is 1. The minimum atomic E-state index is -0.877. The number of aromatic hydroxyl groups is 2. The molecule has 6 aromatic carbocycles. The van der Waals surface area contributed by atoms with Gasteiger partial charge in [0, 0.05) is 13.1 Å². The van der Waals surface area contributed by atoms with Crippen LogP contribution >= 0.6 is 0 Å². The molecule has 0 saturated heterocycles. The number of phenolic OH excluding ortho intramolecular Hbond substituents is 2. The Hall–Kier alpha value is -8.20. The first-order valence-electron chi connectivity index (χ1n) is 19.0. The van der Waals surface area contributed by atoms with E-state index in [1.165, 1.54) is 61.2 Å². The summed E-state index contributed by atoms with van der Waals surface area (Å²) in [4.78, 5) is 68.6. The van der Waals surface area contributed by atoms with E-state index in [4.69, 9.17) is 4.74 Å². The van der Waals surface area contributed by atoms with Crippen molar-refractivity contribution in [3.05, 3.63) is 178 Å². The van der Waals surface area contributed by atoms with Crippen LogP contribution in [0.1, 0.15) is 63.7 Å². The quantitative estimate of drug-likeness (QED) is 0.133. The third-order valence-electron chi connectivity index (χ3n) is 10.9. The normalized spacial score (nSPS) is 13.5. The van der Waals surface area contributed by atoms with Gasteiger partial charge in [-0.2, -0.15) is 0 Å². The van der Waals surface area contributed by atoms with Gasteiger partial charge in [-0.1, -0.05) is 84.9 Å². The number of carbonyl (C=O) groups excluding carboxylic acids is 4. The third-order valence-corrected chi connectivity index (χ3v) is 10.9. The van der Waals surface area contributed by atoms with Crippen LogP contribution in [0, 0.1) is 11.6 Å². The van der Waals surface area contributed by atoms with Gasteiger partial charge in [0.2, 0.25) is 0 Å². The van der Waals surface area contributed by atoms with Gasteiger partial charge in [0.1, 0.15) is 56.0 Å². The Kier molecular flexibility index (Phi) is 8.68. The van der Waals surface area contributed by atoms with Crippen LogP contribution in [0.5, 0.6) is 23.0 Å². The standard InChI is InChI=1S/C46H30F2N6O7/c47-29-15-11-27(12-16-29)21-53-43(57)31-33(45(53)59)41(37-35(39(31)55)49-23-51(37)19-25-7-3-1-4-8-25)61-42-34-32(44(58)54(46(34)60)22-28-13-17-30(48)18-14-28)40(56)36-38(42)52(24-50-36)20-26-9-5-2-6-10-26/h1-18,23-24,55-56H,19-22H2. The van der Waals surface area contributed by atoms with Crippen molar-refractivity contribution in [1.29, 1.82) is 0 Å². The number of nitrogens with zero attached hydrogens (tertiary/aromatic N) is 6. The fourth-order valence-corrected chi connectivity index (χ4v) is 8.01. The van der Waals surface area contributed by atoms with Crippen molar-refractivity contribution in [2.45, 2.75) is 26.2 Å². The highest BCUT2D eigenvalue weighted by Crippen LogP contribution is 2.50. The van der Waals surface area contributed by atoms with Crippen molar-refractivity contribution in [3.8, 4) is 23.0 Å². The molecular formula is C46H30F2N6O7. The summed E-state index contributed by atoms with van der Waals surface area (Å²) in [6.45, 7) is -0.265. The smallest absolute Gasteiger partial charge is 0.265 e. The van der Waals surface area contributed by atoms with E-state index in [2.05, 4.69) is 9.97 Å². The lowest BCUT2D eigenvalue weighted by atomic mass is 10.0. The second-order valence-corrected chi connectivity index (χ2v) is 14.7. The molecule has 0 unspecified atom stereocenters. The molecule has 300 valence electrons. The van der Waals surface area contributed by atoms with Crippen LogP contribution in [-0.2, 0) is 26.2 Å². The minimum absolute atomic E-state index is 0.0777. The molecule has 0 aliphatic carbocycles. The van der Waals surface area contributed by atoms with E-state index in [9.17, 15) is 38.2 Å². The summed E-state index contributed by atoms with van der Waals surface area (Å²) in [7, 11) is 0. The van der Waals surface area contributed by atoms with Gasteiger partial charge in [-0.25, -0.2) is 18.7 Å². The molecule has 10 rings (SSSR count). The first-order chi connectivity index (χ1) is 29.6. The molecule has 0 spiro atoms. The highest BCUT2D eigenvalue weighted by Gasteiger charge is 2.47. The number of aromatic nitrogens is 4. The number of hydrogen-bond donors (Lipinski definition) is 2. The molecule has 0 radical (unpaired) electrons. The Balaban J connectivity index is 1.22. The lowest BCUT2D eigenvalue weighted by Crippen LogP contribution is -2.29. The largest absolute Gasteiger partial charge is 0.505 e. The van der Waals surface area contributed by atoms with Crippen LogP contribution in [0.25, 0.3) is 22.1 Å². The van der Waals surface area contributed by atoms with E-state index in [1.54, 1.807) is 9.13 Å². The molecule has 0 saturated carbocycles. The fourth-order valence-electron chi connectivity index (χ4n) is 8.01. The maximum atomic E-state index is 14.7. The number of halogens is 2. The molecule has 2 aromatic heterocycles. The molecule has 4 amide bonds. The van der Waals surface area contributed by atoms with Crippen molar-refractivity contribution in [3.63, 3.8) is 0 Å². The van der Waals surface area contributed by atoms with Crippen molar-refractivity contribution in [1.82, 2.24) is 28.9 Å². The van der Waals surface area contributed by atoms with E-state index in [-0.39, 0.29) is 70.9 Å². The molecule has 0 atom stereocenters. The minimum Gasteiger partial charge on any atom is -0.505 e. The van der Waals surface area contributed by atoms with Gasteiger partial charge in [-0.3, -0.25) is 29.0 Å². The Bertz CT molecular complexity index is 2920. The van der Waals surface area contributed by atoms with Gasteiger partial charge in [0.15, 0.2) is 23.0 Å². The third kappa shape index (κ3) is 6.04. The average molecular weight is 817 g/mol. The highest BCUT2D eigenvalue weighted by molar-refractivity contribution is 6.28. The number of imidazole rings is 2. The average Bonchev–Trinajstić information content (AvgIpc) is 4.00. The Morgan fingerprint density at radius 2 is 0.803 bits per heavy atom. The van der Waals surface area contributed by atoms with Crippen LogP contribution in [0.3, 0.4) is 0 Å². The lowest BCUT2D eigenvalue weighted by Gasteiger charge is -2.18. The predicted molar refractivity (Wildman–Crippen MR) is 215 cm³/mol. The van der Waals surface area contributed by atoms with Crippen LogP contribution in [0.2, 0.25) is 0 Å². The summed E-state index contributed by atoms with van der Waals surface area (Å²) in [6, 6.07) is 28.9. The van der Waals surface area contributed by atoms with Crippen LogP contribution in [0.4, 0.5) is 8.78 Å². The maximum absolute atomic E-state index is 14.7. The van der Waals surface area contributed by atoms with Crippen molar-refractivity contribution in [2.24, 2.45) is 0 Å². The summed E-state index contributed by atoms with van der Waals surface area (Å²) in [5.41, 5.74) is 0.880. The fraction of sp³-hybridized carbons (Fsp3) is 0.0870. The summed E-state index contributed by atoms with van der Waals surface area (Å²) < 4.78 is 37.9. The number of carbonyl (C=O) groups is 4. The van der Waals surface area contributed by atoms with Gasteiger partial charge in [0.25, 0.3) is 23.6 Å². The van der Waals surface area contributed by atoms with Crippen LogP contribution in [0.15, 0.2) is 122 Å². The van der Waals surface area contributed by atoms with E-state index in [0.717, 1.165) is 20.9 Å². The van der Waals surface area contributed by atoms with E-state index in [1.807, 2.05) is 60.7 Å². The summed E-state index contributed by atoms with van der Waals surface area (Å²) in [6.07, 6.45) is 2.83. The van der Waals surface area contributed by atoms with Gasteiger partial charge in [-0.15, -0.1) is 0 Å². The van der Waals surface area contributed by atoms with Crippen LogP contribution in [-0.4, -0.2) is 62.7 Å². The number of fused-ring (bicyclic) bond motifs is 4. The molecule has 4 heterocycles. The Morgan fingerprint density at radius 1 is 0.459 bits per heavy atom. The van der Waals surface area contributed by atoms with E-state index < -0.39 is 57.9 Å². The summed E-state index contributed by atoms with van der Waals surface area (Å²) in [5.74, 6) is -6.23. The van der Waals surface area contributed by atoms with Gasteiger partial charge in [0.05, 0.1) is 25.7 Å². The van der Waals surface area contributed by atoms with Gasteiger partial charge in [-0.05, 0) is 46.5 Å². The molecular weight excluding hydrogens is 787 g/mol. The van der Waals surface area contributed by atoms with E-state index in [0.29, 0.717) is 11.1 Å². The number of imide groups is 2. The van der Waals surface area contributed by atoms with Gasteiger partial charge >= 0.3 is 0 Å². The first kappa shape index (κ1) is 37.1. The van der Waals surface area contributed by atoms with Crippen molar-refractivity contribution >= 4 is 45.7 Å². The van der Waals surface area contributed by atoms with Crippen molar-refractivity contribution < 1.29 is 42.9 Å². The maximum Gasteiger partial charge on any atom is 0.265 e. The summed E-state index contributed by atoms with van der Waals surface area (Å²) >= 11 is 0. The Labute approximate surface area is 343 Å². The summed E-state index contributed by atoms with van der Waals surface area (Å²) in [5, 5.41) is 23.6. The molecule has 13 nitrogen and oxygen atoms in total. The zero-order valence-electron chi connectivity index (χ0n) is 31.8. The zero-order chi connectivity index (χ0) is 42.1. The molecule has 0 bridgehead atoms. The second kappa shape index (κ2) is 14.3. The Morgan fingerprint density at radius 3 is 1.18 bits per heavy atom. The number of phenols is 2. The second-order valence-electron chi connectivity index (χ2n) is 14.7. The topological polar surface area (TPSA) is 160 Å². The monoisotopic (exact) mass is 816 g/mol. The number of hydrogen-bond acceptors (Lipinski definition) is 9. The SMILES string of the molecule is O=C1c2c(c(Oc3c4c(c(O)c5ncn(Cc6ccccc6)c35)C(=O)N(Cc3ccc(F)cc3)C4=O)c3c(ncn3Cc3ccccc3)c2O)C(=O)N1Cc1ccc(F)cc1. The molecule has 2 aliphatic heterocycles. The number of amides is 4.